The van der Waals surface area contributed by atoms with Gasteiger partial charge in [-0.2, -0.15) is 11.8 Å². The highest BCUT2D eigenvalue weighted by molar-refractivity contribution is 7.98. The number of amides is 1. The van der Waals surface area contributed by atoms with Gasteiger partial charge in [-0.05, 0) is 36.8 Å². The first-order valence-electron chi connectivity index (χ1n) is 8.10. The molecule has 4 nitrogen and oxygen atoms in total. The summed E-state index contributed by atoms with van der Waals surface area (Å²) >= 11 is 13.9. The number of carbonyl (C=O) groups excluding carboxylic acids is 1. The van der Waals surface area contributed by atoms with Gasteiger partial charge in [0.05, 0.1) is 7.11 Å². The Balaban J connectivity index is 1.71. The molecule has 0 saturated heterocycles. The molecule has 0 aliphatic carbocycles. The highest BCUT2D eigenvalue weighted by atomic mass is 35.5. The van der Waals surface area contributed by atoms with Crippen molar-refractivity contribution in [3.8, 4) is 11.5 Å². The Kier molecular flexibility index (Phi) is 8.42. The molecule has 1 amide bonds. The van der Waals surface area contributed by atoms with Gasteiger partial charge in [-0.1, -0.05) is 35.3 Å². The summed E-state index contributed by atoms with van der Waals surface area (Å²) < 4.78 is 10.8. The minimum Gasteiger partial charge on any atom is -0.497 e. The third-order valence-electron chi connectivity index (χ3n) is 3.58. The van der Waals surface area contributed by atoms with Crippen LogP contribution in [0.5, 0.6) is 11.5 Å². The Morgan fingerprint density at radius 2 is 1.81 bits per heavy atom. The minimum absolute atomic E-state index is 0.163. The predicted molar refractivity (Wildman–Crippen MR) is 109 cm³/mol. The lowest BCUT2D eigenvalue weighted by Gasteiger charge is -2.15. The molecule has 0 radical (unpaired) electrons. The van der Waals surface area contributed by atoms with Gasteiger partial charge in [0, 0.05) is 34.2 Å². The largest absolute Gasteiger partial charge is 0.497 e. The fourth-order valence-corrected chi connectivity index (χ4v) is 3.76. The second-order valence-electron chi connectivity index (χ2n) is 5.48. The summed E-state index contributed by atoms with van der Waals surface area (Å²) in [5.41, 5.74) is 0.918. The minimum atomic E-state index is -0.592. The van der Waals surface area contributed by atoms with Gasteiger partial charge in [0.2, 0.25) is 0 Å². The maximum Gasteiger partial charge on any atom is 0.260 e. The molecule has 1 atom stereocenters. The van der Waals surface area contributed by atoms with Crippen molar-refractivity contribution in [3.05, 3.63) is 58.1 Å². The van der Waals surface area contributed by atoms with E-state index in [2.05, 4.69) is 5.32 Å². The van der Waals surface area contributed by atoms with Gasteiger partial charge in [-0.3, -0.25) is 4.79 Å². The second-order valence-corrected chi connectivity index (χ2v) is 7.40. The van der Waals surface area contributed by atoms with Crippen LogP contribution in [-0.4, -0.2) is 31.4 Å². The molecule has 0 saturated carbocycles. The molecule has 0 unspecified atom stereocenters. The first-order chi connectivity index (χ1) is 12.5. The van der Waals surface area contributed by atoms with Crippen LogP contribution in [-0.2, 0) is 10.5 Å². The van der Waals surface area contributed by atoms with Crippen LogP contribution >= 0.6 is 35.0 Å². The summed E-state index contributed by atoms with van der Waals surface area (Å²) in [7, 11) is 1.59. The lowest BCUT2D eigenvalue weighted by Crippen LogP contribution is -2.37. The van der Waals surface area contributed by atoms with Crippen LogP contribution < -0.4 is 14.8 Å². The number of benzene rings is 2. The summed E-state index contributed by atoms with van der Waals surface area (Å²) in [4.78, 5) is 12.1. The summed E-state index contributed by atoms with van der Waals surface area (Å²) in [5.74, 6) is 2.56. The van der Waals surface area contributed by atoms with E-state index in [4.69, 9.17) is 32.7 Å². The number of rotatable bonds is 9. The first kappa shape index (κ1) is 20.7. The van der Waals surface area contributed by atoms with Crippen LogP contribution in [0.3, 0.4) is 0 Å². The molecule has 1 N–H and O–H groups in total. The van der Waals surface area contributed by atoms with Gasteiger partial charge >= 0.3 is 0 Å². The summed E-state index contributed by atoms with van der Waals surface area (Å²) in [6, 6.07) is 12.6. The molecule has 0 fully saturated rings. The quantitative estimate of drug-likeness (QED) is 0.598. The Bertz CT molecular complexity index is 722. The number of ether oxygens (including phenoxy) is 2. The molecule has 0 heterocycles. The van der Waals surface area contributed by atoms with Gasteiger partial charge in [-0.25, -0.2) is 0 Å². The van der Waals surface area contributed by atoms with E-state index >= 15 is 0 Å². The van der Waals surface area contributed by atoms with Crippen molar-refractivity contribution in [3.63, 3.8) is 0 Å². The average molecular weight is 414 g/mol. The highest BCUT2D eigenvalue weighted by Gasteiger charge is 2.14. The zero-order chi connectivity index (χ0) is 18.9. The normalized spacial score (nSPS) is 11.7. The van der Waals surface area contributed by atoms with Crippen LogP contribution in [0.2, 0.25) is 10.0 Å². The topological polar surface area (TPSA) is 47.6 Å². The van der Waals surface area contributed by atoms with E-state index < -0.39 is 6.10 Å². The molecule has 140 valence electrons. The maximum absolute atomic E-state index is 12.1. The van der Waals surface area contributed by atoms with Crippen molar-refractivity contribution >= 4 is 40.9 Å². The third kappa shape index (κ3) is 6.31. The second kappa shape index (κ2) is 10.6. The molecule has 2 aromatic rings. The van der Waals surface area contributed by atoms with Crippen LogP contribution in [0.25, 0.3) is 0 Å². The molecule has 2 rings (SSSR count). The lowest BCUT2D eigenvalue weighted by molar-refractivity contribution is -0.127. The molecule has 26 heavy (non-hydrogen) atoms. The van der Waals surface area contributed by atoms with E-state index in [1.165, 1.54) is 0 Å². The van der Waals surface area contributed by atoms with E-state index in [9.17, 15) is 4.79 Å². The summed E-state index contributed by atoms with van der Waals surface area (Å²) in [5, 5.41) is 4.19. The van der Waals surface area contributed by atoms with Crippen molar-refractivity contribution in [2.24, 2.45) is 0 Å². The predicted octanol–water partition coefficient (Wildman–Crippen LogP) is 4.82. The standard InChI is InChI=1S/C19H21Cl2NO3S/c1-13(25-15-6-3-5-14(11-15)24-2)19(23)22-9-10-26-12-16-17(20)7-4-8-18(16)21/h3-8,11,13H,9-10,12H2,1-2H3,(H,22,23)/t13-/m0/s1. The van der Waals surface area contributed by atoms with E-state index in [0.717, 1.165) is 11.3 Å². The summed E-state index contributed by atoms with van der Waals surface area (Å²) in [6.07, 6.45) is -0.592. The molecule has 0 spiro atoms. The molecule has 2 aromatic carbocycles. The van der Waals surface area contributed by atoms with Crippen molar-refractivity contribution < 1.29 is 14.3 Å². The van der Waals surface area contributed by atoms with Crippen molar-refractivity contribution in [1.82, 2.24) is 5.32 Å². The van der Waals surface area contributed by atoms with Crippen molar-refractivity contribution in [1.29, 1.82) is 0 Å². The van der Waals surface area contributed by atoms with E-state index in [1.807, 2.05) is 30.3 Å². The number of methoxy groups -OCH3 is 1. The molecule has 7 heteroatoms. The Morgan fingerprint density at radius 3 is 2.50 bits per heavy atom. The number of thioether (sulfide) groups is 1. The van der Waals surface area contributed by atoms with Gasteiger partial charge in [0.25, 0.3) is 5.91 Å². The van der Waals surface area contributed by atoms with Crippen LogP contribution in [0.4, 0.5) is 0 Å². The van der Waals surface area contributed by atoms with Gasteiger partial charge in [0.15, 0.2) is 6.10 Å². The van der Waals surface area contributed by atoms with E-state index in [-0.39, 0.29) is 5.91 Å². The number of nitrogens with one attached hydrogen (secondary N) is 1. The number of hydrogen-bond donors (Lipinski definition) is 1. The zero-order valence-corrected chi connectivity index (χ0v) is 17.0. The molecule has 0 bridgehead atoms. The van der Waals surface area contributed by atoms with Crippen LogP contribution in [0.1, 0.15) is 12.5 Å². The first-order valence-corrected chi connectivity index (χ1v) is 10.0. The molecule has 0 aliphatic heterocycles. The molecular formula is C19H21Cl2NO3S. The SMILES string of the molecule is COc1cccc(O[C@@H](C)C(=O)NCCSCc2c(Cl)cccc2Cl)c1. The fourth-order valence-electron chi connectivity index (χ4n) is 2.17. The van der Waals surface area contributed by atoms with Gasteiger partial charge in [0.1, 0.15) is 11.5 Å². The molecule has 0 aromatic heterocycles. The third-order valence-corrected chi connectivity index (χ3v) is 5.27. The number of carbonyl (C=O) groups is 1. The molecule has 0 aliphatic rings. The van der Waals surface area contributed by atoms with Gasteiger partial charge < -0.3 is 14.8 Å². The van der Waals surface area contributed by atoms with Crippen molar-refractivity contribution in [2.75, 3.05) is 19.4 Å². The number of halogens is 2. The van der Waals surface area contributed by atoms with Crippen LogP contribution in [0, 0.1) is 0 Å². The monoisotopic (exact) mass is 413 g/mol. The van der Waals surface area contributed by atoms with Crippen LogP contribution in [0.15, 0.2) is 42.5 Å². The Labute approximate surface area is 168 Å². The van der Waals surface area contributed by atoms with Gasteiger partial charge in [-0.15, -0.1) is 0 Å². The van der Waals surface area contributed by atoms with E-state index in [1.54, 1.807) is 37.9 Å². The van der Waals surface area contributed by atoms with Crippen molar-refractivity contribution in [2.45, 2.75) is 18.8 Å². The number of hydrogen-bond acceptors (Lipinski definition) is 4. The average Bonchev–Trinajstić information content (AvgIpc) is 2.63. The highest BCUT2D eigenvalue weighted by Crippen LogP contribution is 2.28. The fraction of sp³-hybridized carbons (Fsp3) is 0.316. The smallest absolute Gasteiger partial charge is 0.260 e. The molecular weight excluding hydrogens is 393 g/mol. The lowest BCUT2D eigenvalue weighted by atomic mass is 10.2. The van der Waals surface area contributed by atoms with E-state index in [0.29, 0.717) is 33.8 Å². The Hall–Kier alpha value is -1.56. The summed E-state index contributed by atoms with van der Waals surface area (Å²) in [6.45, 7) is 2.25. The Morgan fingerprint density at radius 1 is 1.15 bits per heavy atom. The maximum atomic E-state index is 12.1. The zero-order valence-electron chi connectivity index (χ0n) is 14.6.